The molecule has 0 atom stereocenters. The van der Waals surface area contributed by atoms with Crippen LogP contribution < -0.4 is 5.32 Å². The number of carboxylic acid groups (broad SMARTS) is 1. The number of H-pyrrole nitrogens is 1. The summed E-state index contributed by atoms with van der Waals surface area (Å²) in [5, 5.41) is 18.7. The fraction of sp³-hybridized carbons (Fsp3) is 0.583. The number of nitrogens with zero attached hydrogens (tertiary/aromatic N) is 1. The van der Waals surface area contributed by atoms with E-state index in [4.69, 9.17) is 0 Å². The van der Waals surface area contributed by atoms with Crippen LogP contribution in [-0.2, 0) is 11.2 Å². The lowest BCUT2D eigenvalue weighted by atomic mass is 9.92. The molecule has 1 aliphatic heterocycles. The van der Waals surface area contributed by atoms with Gasteiger partial charge in [0.25, 0.3) is 5.91 Å². The molecule has 104 valence electrons. The van der Waals surface area contributed by atoms with Crippen LogP contribution in [0, 0.1) is 0 Å². The lowest BCUT2D eigenvalue weighted by Crippen LogP contribution is -2.56. The summed E-state index contributed by atoms with van der Waals surface area (Å²) in [5.41, 5.74) is -0.0439. The first-order valence-electron chi connectivity index (χ1n) is 6.25. The van der Waals surface area contributed by atoms with Gasteiger partial charge in [0.05, 0.1) is 0 Å². The zero-order chi connectivity index (χ0) is 13.9. The van der Waals surface area contributed by atoms with Crippen LogP contribution in [0.25, 0.3) is 0 Å². The highest BCUT2D eigenvalue weighted by Crippen LogP contribution is 2.27. The monoisotopic (exact) mass is 283 g/mol. The van der Waals surface area contributed by atoms with Crippen molar-refractivity contribution in [1.82, 2.24) is 15.5 Å². The van der Waals surface area contributed by atoms with Crippen molar-refractivity contribution in [2.75, 3.05) is 11.5 Å². The zero-order valence-electron chi connectivity index (χ0n) is 10.7. The molecule has 1 amide bonds. The van der Waals surface area contributed by atoms with Crippen LogP contribution in [0.2, 0.25) is 0 Å². The fourth-order valence-electron chi connectivity index (χ4n) is 2.05. The molecule has 0 bridgehead atoms. The second-order valence-electron chi connectivity index (χ2n) is 4.59. The van der Waals surface area contributed by atoms with E-state index in [1.165, 1.54) is 0 Å². The van der Waals surface area contributed by atoms with E-state index in [0.29, 0.717) is 12.8 Å². The van der Waals surface area contributed by atoms with Crippen molar-refractivity contribution in [3.63, 3.8) is 0 Å². The summed E-state index contributed by atoms with van der Waals surface area (Å²) in [7, 11) is 0. The van der Waals surface area contributed by atoms with E-state index in [2.05, 4.69) is 15.5 Å². The molecular formula is C12H17N3O3S. The smallest absolute Gasteiger partial charge is 0.329 e. The largest absolute Gasteiger partial charge is 0.480 e. The maximum Gasteiger partial charge on any atom is 0.329 e. The Morgan fingerprint density at radius 1 is 1.53 bits per heavy atom. The molecule has 6 nitrogen and oxygen atoms in total. The van der Waals surface area contributed by atoms with Crippen LogP contribution in [0.3, 0.4) is 0 Å². The third kappa shape index (κ3) is 2.91. The van der Waals surface area contributed by atoms with Gasteiger partial charge >= 0.3 is 5.97 Å². The molecule has 0 radical (unpaired) electrons. The van der Waals surface area contributed by atoms with Crippen LogP contribution in [0.4, 0.5) is 0 Å². The number of aromatic amines is 1. The SMILES string of the molecule is CCc1cc(C(=O)NC2(C(=O)O)CCSCC2)n[nH]1. The maximum absolute atomic E-state index is 12.1. The lowest BCUT2D eigenvalue weighted by Gasteiger charge is -2.33. The van der Waals surface area contributed by atoms with Crippen LogP contribution >= 0.6 is 11.8 Å². The molecular weight excluding hydrogens is 266 g/mol. The number of nitrogens with one attached hydrogen (secondary N) is 2. The molecule has 1 fully saturated rings. The van der Waals surface area contributed by atoms with Gasteiger partial charge in [0.15, 0.2) is 0 Å². The molecule has 1 aliphatic rings. The van der Waals surface area contributed by atoms with Gasteiger partial charge in [-0.2, -0.15) is 16.9 Å². The summed E-state index contributed by atoms with van der Waals surface area (Å²) in [4.78, 5) is 23.5. The van der Waals surface area contributed by atoms with E-state index < -0.39 is 17.4 Å². The minimum atomic E-state index is -1.15. The Morgan fingerprint density at radius 2 is 2.21 bits per heavy atom. The number of carboxylic acids is 1. The molecule has 1 aromatic rings. The summed E-state index contributed by atoms with van der Waals surface area (Å²) >= 11 is 1.71. The third-order valence-corrected chi connectivity index (χ3v) is 4.34. The van der Waals surface area contributed by atoms with Crippen molar-refractivity contribution in [1.29, 1.82) is 0 Å². The number of hydrogen-bond donors (Lipinski definition) is 3. The van der Waals surface area contributed by atoms with Crippen molar-refractivity contribution in [3.05, 3.63) is 17.5 Å². The zero-order valence-corrected chi connectivity index (χ0v) is 11.5. The number of thioether (sulfide) groups is 1. The van der Waals surface area contributed by atoms with Gasteiger partial charge in [0.1, 0.15) is 11.2 Å². The standard InChI is InChI=1S/C12H17N3O3S/c1-2-8-7-9(15-14-8)10(16)13-12(11(17)18)3-5-19-6-4-12/h7H,2-6H2,1H3,(H,13,16)(H,14,15)(H,17,18). The van der Waals surface area contributed by atoms with Crippen molar-refractivity contribution < 1.29 is 14.7 Å². The number of aliphatic carboxylic acids is 1. The predicted molar refractivity (Wildman–Crippen MR) is 72.4 cm³/mol. The number of amides is 1. The molecule has 0 saturated carbocycles. The van der Waals surface area contributed by atoms with Gasteiger partial charge in [-0.1, -0.05) is 6.92 Å². The topological polar surface area (TPSA) is 95.1 Å². The lowest BCUT2D eigenvalue weighted by molar-refractivity contribution is -0.144. The quantitative estimate of drug-likeness (QED) is 0.768. The Kier molecular flexibility index (Phi) is 4.14. The van der Waals surface area contributed by atoms with Gasteiger partial charge in [0.2, 0.25) is 0 Å². The summed E-state index contributed by atoms with van der Waals surface area (Å²) in [6, 6.07) is 1.66. The van der Waals surface area contributed by atoms with E-state index in [1.807, 2.05) is 6.92 Å². The molecule has 3 N–H and O–H groups in total. The number of hydrogen-bond acceptors (Lipinski definition) is 4. The van der Waals surface area contributed by atoms with Gasteiger partial charge in [-0.25, -0.2) is 4.79 Å². The average Bonchev–Trinajstić information content (AvgIpc) is 2.88. The van der Waals surface area contributed by atoms with Gasteiger partial charge in [-0.15, -0.1) is 0 Å². The summed E-state index contributed by atoms with van der Waals surface area (Å²) < 4.78 is 0. The summed E-state index contributed by atoms with van der Waals surface area (Å²) in [6.45, 7) is 1.95. The molecule has 0 aliphatic carbocycles. The third-order valence-electron chi connectivity index (χ3n) is 3.35. The first-order chi connectivity index (χ1) is 9.07. The minimum absolute atomic E-state index is 0.246. The van der Waals surface area contributed by atoms with E-state index in [0.717, 1.165) is 23.6 Å². The predicted octanol–water partition coefficient (Wildman–Crippen LogP) is 1.05. The average molecular weight is 283 g/mol. The van der Waals surface area contributed by atoms with Crippen molar-refractivity contribution >= 4 is 23.6 Å². The normalized spacial score (nSPS) is 17.9. The van der Waals surface area contributed by atoms with Gasteiger partial charge in [-0.05, 0) is 36.8 Å². The molecule has 2 heterocycles. The summed E-state index contributed by atoms with van der Waals surface area (Å²) in [5.74, 6) is 0.0958. The molecule has 0 unspecified atom stereocenters. The molecule has 0 spiro atoms. The van der Waals surface area contributed by atoms with Crippen molar-refractivity contribution in [2.24, 2.45) is 0 Å². The highest BCUT2D eigenvalue weighted by atomic mass is 32.2. The van der Waals surface area contributed by atoms with Crippen LogP contribution in [-0.4, -0.2) is 44.2 Å². The molecule has 2 rings (SSSR count). The molecule has 19 heavy (non-hydrogen) atoms. The number of rotatable bonds is 4. The molecule has 0 aromatic carbocycles. The molecule has 1 saturated heterocycles. The van der Waals surface area contributed by atoms with Gasteiger partial charge < -0.3 is 10.4 Å². The first kappa shape index (κ1) is 13.9. The van der Waals surface area contributed by atoms with Crippen LogP contribution in [0.1, 0.15) is 35.9 Å². The van der Waals surface area contributed by atoms with Gasteiger partial charge in [-0.3, -0.25) is 9.89 Å². The highest BCUT2D eigenvalue weighted by Gasteiger charge is 2.41. The molecule has 1 aromatic heterocycles. The number of aryl methyl sites for hydroxylation is 1. The Hall–Kier alpha value is -1.50. The molecule has 7 heteroatoms. The Labute approximate surface area is 115 Å². The van der Waals surface area contributed by atoms with E-state index in [9.17, 15) is 14.7 Å². The minimum Gasteiger partial charge on any atom is -0.480 e. The van der Waals surface area contributed by atoms with Crippen LogP contribution in [0.15, 0.2) is 6.07 Å². The van der Waals surface area contributed by atoms with E-state index in [-0.39, 0.29) is 5.69 Å². The van der Waals surface area contributed by atoms with E-state index in [1.54, 1.807) is 17.8 Å². The Bertz CT molecular complexity index is 480. The Morgan fingerprint density at radius 3 is 2.74 bits per heavy atom. The number of carbonyl (C=O) groups is 2. The second kappa shape index (κ2) is 5.64. The van der Waals surface area contributed by atoms with Crippen LogP contribution in [0.5, 0.6) is 0 Å². The number of aromatic nitrogens is 2. The fourth-order valence-corrected chi connectivity index (χ4v) is 3.24. The van der Waals surface area contributed by atoms with Gasteiger partial charge in [0, 0.05) is 5.69 Å². The van der Waals surface area contributed by atoms with E-state index >= 15 is 0 Å². The Balaban J connectivity index is 2.12. The summed E-state index contributed by atoms with van der Waals surface area (Å²) in [6.07, 6.45) is 1.65. The second-order valence-corrected chi connectivity index (χ2v) is 5.81. The number of carbonyl (C=O) groups excluding carboxylic acids is 1. The van der Waals surface area contributed by atoms with Crippen molar-refractivity contribution in [2.45, 2.75) is 31.7 Å². The first-order valence-corrected chi connectivity index (χ1v) is 7.41. The highest BCUT2D eigenvalue weighted by molar-refractivity contribution is 7.99. The maximum atomic E-state index is 12.1. The van der Waals surface area contributed by atoms with Crippen molar-refractivity contribution in [3.8, 4) is 0 Å².